The highest BCUT2D eigenvalue weighted by Gasteiger charge is 2.31. The molecule has 1 fully saturated rings. The first kappa shape index (κ1) is 17.3. The zero-order valence-electron chi connectivity index (χ0n) is 15.0. The second kappa shape index (κ2) is 7.23. The third-order valence-corrected chi connectivity index (χ3v) is 4.92. The van der Waals surface area contributed by atoms with Gasteiger partial charge in [0.25, 0.3) is 0 Å². The number of para-hydroxylation sites is 1. The molecule has 1 aliphatic carbocycles. The van der Waals surface area contributed by atoms with E-state index in [2.05, 4.69) is 15.7 Å². The van der Waals surface area contributed by atoms with E-state index in [1.165, 1.54) is 6.07 Å². The number of benzene rings is 2. The van der Waals surface area contributed by atoms with E-state index >= 15 is 0 Å². The minimum Gasteiger partial charge on any atom is -0.335 e. The maximum absolute atomic E-state index is 13.3. The van der Waals surface area contributed by atoms with E-state index in [0.717, 1.165) is 29.8 Å². The third-order valence-electron chi connectivity index (χ3n) is 4.92. The van der Waals surface area contributed by atoms with Crippen molar-refractivity contribution in [2.75, 3.05) is 5.32 Å². The molecule has 2 aromatic carbocycles. The fourth-order valence-electron chi connectivity index (χ4n) is 3.47. The molecule has 5 nitrogen and oxygen atoms in total. The quantitative estimate of drug-likeness (QED) is 0.721. The maximum atomic E-state index is 13.3. The number of carbonyl (C=O) groups is 1. The second-order valence-electron chi connectivity index (χ2n) is 6.94. The van der Waals surface area contributed by atoms with Crippen LogP contribution in [0.3, 0.4) is 0 Å². The topological polar surface area (TPSA) is 59.0 Å². The molecule has 138 valence electrons. The molecule has 2 N–H and O–H groups in total. The summed E-state index contributed by atoms with van der Waals surface area (Å²) >= 11 is 0. The number of urea groups is 1. The monoisotopic (exact) mass is 364 g/mol. The molecular weight excluding hydrogens is 343 g/mol. The molecular formula is C21H21FN4O. The highest BCUT2D eigenvalue weighted by atomic mass is 19.1. The average molecular weight is 364 g/mol. The van der Waals surface area contributed by atoms with Crippen molar-refractivity contribution in [2.45, 2.75) is 31.7 Å². The minimum atomic E-state index is -0.268. The largest absolute Gasteiger partial charge is 0.335 e. The van der Waals surface area contributed by atoms with E-state index in [9.17, 15) is 9.18 Å². The lowest BCUT2D eigenvalue weighted by Crippen LogP contribution is -2.45. The van der Waals surface area contributed by atoms with E-state index in [4.69, 9.17) is 0 Å². The Balaban J connectivity index is 1.32. The number of carbonyl (C=O) groups excluding carboxylic acids is 1. The summed E-state index contributed by atoms with van der Waals surface area (Å²) in [6.07, 6.45) is 1.63. The number of aromatic nitrogens is 2. The number of hydrogen-bond donors (Lipinski definition) is 2. The molecule has 0 radical (unpaired) electrons. The number of rotatable bonds is 4. The summed E-state index contributed by atoms with van der Waals surface area (Å²) in [5, 5.41) is 10.2. The Hall–Kier alpha value is -3.15. The summed E-state index contributed by atoms with van der Waals surface area (Å²) in [5.74, 6) is 0.589. The first-order chi connectivity index (χ1) is 13.1. The number of nitrogens with zero attached hydrogens (tertiary/aromatic N) is 2. The van der Waals surface area contributed by atoms with Crippen molar-refractivity contribution in [3.8, 4) is 5.69 Å². The highest BCUT2D eigenvalue weighted by molar-refractivity contribution is 5.88. The smallest absolute Gasteiger partial charge is 0.320 e. The molecule has 2 amide bonds. The summed E-state index contributed by atoms with van der Waals surface area (Å²) in [6, 6.07) is 18.1. The van der Waals surface area contributed by atoms with Crippen LogP contribution in [0.15, 0.2) is 60.7 Å². The Morgan fingerprint density at radius 1 is 1.11 bits per heavy atom. The molecule has 0 bridgehead atoms. The molecule has 1 heterocycles. The van der Waals surface area contributed by atoms with Gasteiger partial charge in [0.15, 0.2) is 5.82 Å². The molecule has 0 spiro atoms. The van der Waals surface area contributed by atoms with Gasteiger partial charge in [-0.1, -0.05) is 30.3 Å². The van der Waals surface area contributed by atoms with E-state index in [1.54, 1.807) is 16.8 Å². The molecule has 6 heteroatoms. The Morgan fingerprint density at radius 2 is 1.89 bits per heavy atom. The normalized spacial score (nSPS) is 18.6. The van der Waals surface area contributed by atoms with Gasteiger partial charge in [-0.05, 0) is 55.5 Å². The van der Waals surface area contributed by atoms with E-state index in [1.807, 2.05) is 49.4 Å². The van der Waals surface area contributed by atoms with Gasteiger partial charge in [0.1, 0.15) is 5.82 Å². The zero-order chi connectivity index (χ0) is 18.8. The predicted octanol–water partition coefficient (Wildman–Crippen LogP) is 4.39. The van der Waals surface area contributed by atoms with Crippen LogP contribution >= 0.6 is 0 Å². The van der Waals surface area contributed by atoms with Crippen LogP contribution in [0, 0.1) is 12.7 Å². The number of amides is 2. The molecule has 0 aliphatic heterocycles. The van der Waals surface area contributed by atoms with Crippen molar-refractivity contribution in [1.82, 2.24) is 15.1 Å². The summed E-state index contributed by atoms with van der Waals surface area (Å²) < 4.78 is 15.1. The first-order valence-corrected chi connectivity index (χ1v) is 9.03. The molecule has 1 aromatic heterocycles. The summed E-state index contributed by atoms with van der Waals surface area (Å²) in [5.41, 5.74) is 2.87. The predicted molar refractivity (Wildman–Crippen MR) is 103 cm³/mol. The maximum Gasteiger partial charge on any atom is 0.320 e. The Kier molecular flexibility index (Phi) is 4.62. The van der Waals surface area contributed by atoms with Crippen LogP contribution < -0.4 is 10.6 Å². The number of nitrogens with one attached hydrogen (secondary N) is 2. The van der Waals surface area contributed by atoms with Crippen LogP contribution in [0.1, 0.15) is 30.0 Å². The van der Waals surface area contributed by atoms with Gasteiger partial charge in [-0.15, -0.1) is 5.10 Å². The van der Waals surface area contributed by atoms with Crippen LogP contribution in [0.5, 0.6) is 0 Å². The number of aryl methyl sites for hydroxylation is 1. The van der Waals surface area contributed by atoms with Crippen molar-refractivity contribution in [1.29, 1.82) is 0 Å². The fraction of sp³-hybridized carbons (Fsp3) is 0.238. The zero-order valence-corrected chi connectivity index (χ0v) is 15.0. The molecule has 4 rings (SSSR count). The summed E-state index contributed by atoms with van der Waals surface area (Å²) in [6.45, 7) is 1.94. The van der Waals surface area contributed by atoms with Gasteiger partial charge in [-0.3, -0.25) is 5.32 Å². The van der Waals surface area contributed by atoms with Crippen LogP contribution in [0.4, 0.5) is 15.0 Å². The van der Waals surface area contributed by atoms with Crippen molar-refractivity contribution in [3.05, 3.63) is 77.7 Å². The molecule has 3 aromatic rings. The minimum absolute atomic E-state index is 0.0931. The Labute approximate surface area is 157 Å². The molecule has 27 heavy (non-hydrogen) atoms. The van der Waals surface area contributed by atoms with Gasteiger partial charge in [0.2, 0.25) is 0 Å². The van der Waals surface area contributed by atoms with Gasteiger partial charge in [0, 0.05) is 17.8 Å². The lowest BCUT2D eigenvalue weighted by atomic mass is 9.76. The fourth-order valence-corrected chi connectivity index (χ4v) is 3.47. The molecule has 0 saturated heterocycles. The standard InChI is InChI=1S/C21H21FN4O/c1-14-10-20(25-26(14)19-8-3-2-4-9-19)24-21(27)23-18-12-16(13-18)15-6-5-7-17(22)11-15/h2-11,16,18H,12-13H2,1H3,(H2,23,24,25,27). The van der Waals surface area contributed by atoms with Crippen molar-refractivity contribution in [3.63, 3.8) is 0 Å². The van der Waals surface area contributed by atoms with Crippen LogP contribution in [0.2, 0.25) is 0 Å². The number of halogens is 1. The number of anilines is 1. The average Bonchev–Trinajstić information content (AvgIpc) is 2.98. The highest BCUT2D eigenvalue weighted by Crippen LogP contribution is 2.37. The van der Waals surface area contributed by atoms with Gasteiger partial charge in [0.05, 0.1) is 5.69 Å². The van der Waals surface area contributed by atoms with Gasteiger partial charge >= 0.3 is 6.03 Å². The number of hydrogen-bond acceptors (Lipinski definition) is 2. The third kappa shape index (κ3) is 3.84. The van der Waals surface area contributed by atoms with Crippen molar-refractivity contribution < 1.29 is 9.18 Å². The van der Waals surface area contributed by atoms with E-state index < -0.39 is 0 Å². The van der Waals surface area contributed by atoms with E-state index in [-0.39, 0.29) is 17.9 Å². The summed E-state index contributed by atoms with van der Waals surface area (Å²) in [4.78, 5) is 12.2. The Bertz CT molecular complexity index is 948. The molecule has 0 unspecified atom stereocenters. The lowest BCUT2D eigenvalue weighted by molar-refractivity contribution is 0.233. The first-order valence-electron chi connectivity index (χ1n) is 9.03. The van der Waals surface area contributed by atoms with Crippen molar-refractivity contribution >= 4 is 11.8 Å². The second-order valence-corrected chi connectivity index (χ2v) is 6.94. The van der Waals surface area contributed by atoms with Crippen LogP contribution in [0.25, 0.3) is 5.69 Å². The van der Waals surface area contributed by atoms with Crippen LogP contribution in [-0.4, -0.2) is 21.9 Å². The summed E-state index contributed by atoms with van der Waals surface area (Å²) in [7, 11) is 0. The van der Waals surface area contributed by atoms with E-state index in [0.29, 0.717) is 11.7 Å². The molecule has 1 aliphatic rings. The SMILES string of the molecule is Cc1cc(NC(=O)NC2CC(c3cccc(F)c3)C2)nn1-c1ccccc1. The molecule has 0 atom stereocenters. The van der Waals surface area contributed by atoms with Gasteiger partial charge in [-0.2, -0.15) is 0 Å². The molecule has 1 saturated carbocycles. The van der Waals surface area contributed by atoms with Crippen molar-refractivity contribution in [2.24, 2.45) is 0 Å². The van der Waals surface area contributed by atoms with Gasteiger partial charge < -0.3 is 5.32 Å². The van der Waals surface area contributed by atoms with Crippen LogP contribution in [-0.2, 0) is 0 Å². The Morgan fingerprint density at radius 3 is 2.63 bits per heavy atom. The lowest BCUT2D eigenvalue weighted by Gasteiger charge is -2.36. The van der Waals surface area contributed by atoms with Gasteiger partial charge in [-0.25, -0.2) is 13.9 Å².